The van der Waals surface area contributed by atoms with Crippen LogP contribution < -0.4 is 5.73 Å². The van der Waals surface area contributed by atoms with E-state index in [1.165, 1.54) is 5.56 Å². The summed E-state index contributed by atoms with van der Waals surface area (Å²) in [7, 11) is 0. The summed E-state index contributed by atoms with van der Waals surface area (Å²) < 4.78 is 1.87. The van der Waals surface area contributed by atoms with Crippen molar-refractivity contribution in [3.63, 3.8) is 0 Å². The quantitative estimate of drug-likeness (QED) is 0.850. The molecule has 2 heterocycles. The van der Waals surface area contributed by atoms with Gasteiger partial charge in [-0.2, -0.15) is 5.10 Å². The first-order chi connectivity index (χ1) is 7.58. The minimum absolute atomic E-state index is 0.161. The predicted octanol–water partition coefficient (Wildman–Crippen LogP) is 1.56. The van der Waals surface area contributed by atoms with E-state index in [2.05, 4.69) is 36.9 Å². The van der Waals surface area contributed by atoms with Crippen molar-refractivity contribution < 1.29 is 0 Å². The molecule has 0 aliphatic rings. The van der Waals surface area contributed by atoms with E-state index in [0.717, 1.165) is 17.8 Å². The molecule has 2 rings (SSSR count). The molecule has 4 nitrogen and oxygen atoms in total. The Balaban J connectivity index is 2.39. The fraction of sp³-hybridized carbons (Fsp3) is 0.500. The lowest BCUT2D eigenvalue weighted by molar-refractivity contribution is 0.482. The molecule has 0 spiro atoms. The number of rotatable bonds is 3. The second kappa shape index (κ2) is 4.22. The molecule has 2 aromatic rings. The van der Waals surface area contributed by atoms with E-state index in [4.69, 9.17) is 5.73 Å². The fourth-order valence-corrected chi connectivity index (χ4v) is 1.76. The zero-order chi connectivity index (χ0) is 11.7. The van der Waals surface area contributed by atoms with Gasteiger partial charge in [0, 0.05) is 18.2 Å². The summed E-state index contributed by atoms with van der Waals surface area (Å²) in [5, 5.41) is 4.22. The van der Waals surface area contributed by atoms with Crippen molar-refractivity contribution >= 4 is 5.65 Å². The zero-order valence-corrected chi connectivity index (χ0v) is 10.0. The van der Waals surface area contributed by atoms with E-state index in [-0.39, 0.29) is 6.04 Å². The van der Waals surface area contributed by atoms with Crippen LogP contribution in [0.3, 0.4) is 0 Å². The summed E-state index contributed by atoms with van der Waals surface area (Å²) in [6.07, 6.45) is 2.42. The first kappa shape index (κ1) is 11.1. The summed E-state index contributed by atoms with van der Waals surface area (Å²) >= 11 is 0. The van der Waals surface area contributed by atoms with Crippen LogP contribution in [0, 0.1) is 12.8 Å². The maximum atomic E-state index is 6.10. The number of nitrogens with two attached hydrogens (primary N) is 1. The Labute approximate surface area is 95.5 Å². The molecule has 0 saturated carbocycles. The van der Waals surface area contributed by atoms with Gasteiger partial charge in [-0.3, -0.25) is 0 Å². The van der Waals surface area contributed by atoms with Crippen molar-refractivity contribution in [2.75, 3.05) is 0 Å². The molecule has 16 heavy (non-hydrogen) atoms. The molecule has 0 aromatic carbocycles. The number of nitrogens with zero attached hydrogens (tertiary/aromatic N) is 3. The van der Waals surface area contributed by atoms with Crippen molar-refractivity contribution in [2.24, 2.45) is 11.7 Å². The third-order valence-corrected chi connectivity index (χ3v) is 2.90. The lowest BCUT2D eigenvalue weighted by atomic mass is 9.99. The van der Waals surface area contributed by atoms with Crippen LogP contribution in [-0.4, -0.2) is 20.6 Å². The molecule has 0 amide bonds. The van der Waals surface area contributed by atoms with Crippen LogP contribution in [0.5, 0.6) is 0 Å². The van der Waals surface area contributed by atoms with E-state index < -0.39 is 0 Å². The highest BCUT2D eigenvalue weighted by Gasteiger charge is 2.12. The average Bonchev–Trinajstić information content (AvgIpc) is 2.65. The second-order valence-corrected chi connectivity index (χ2v) is 4.67. The zero-order valence-electron chi connectivity index (χ0n) is 10.0. The molecule has 1 unspecified atom stereocenters. The van der Waals surface area contributed by atoms with E-state index in [1.54, 1.807) is 6.33 Å². The van der Waals surface area contributed by atoms with E-state index >= 15 is 0 Å². The van der Waals surface area contributed by atoms with Gasteiger partial charge in [-0.15, -0.1) is 0 Å². The molecule has 0 aliphatic carbocycles. The molecular weight excluding hydrogens is 200 g/mol. The van der Waals surface area contributed by atoms with Crippen molar-refractivity contribution in [3.8, 4) is 0 Å². The first-order valence-electron chi connectivity index (χ1n) is 5.63. The van der Waals surface area contributed by atoms with Crippen molar-refractivity contribution in [3.05, 3.63) is 29.7 Å². The lowest BCUT2D eigenvalue weighted by Gasteiger charge is -2.16. The molecule has 86 valence electrons. The predicted molar refractivity (Wildman–Crippen MR) is 64.2 cm³/mol. The maximum absolute atomic E-state index is 6.10. The fourth-order valence-electron chi connectivity index (χ4n) is 1.76. The maximum Gasteiger partial charge on any atom is 0.155 e. The number of pyridine rings is 1. The van der Waals surface area contributed by atoms with Gasteiger partial charge in [-0.1, -0.05) is 13.8 Å². The van der Waals surface area contributed by atoms with Gasteiger partial charge in [-0.25, -0.2) is 9.50 Å². The van der Waals surface area contributed by atoms with Gasteiger partial charge in [0.05, 0.1) is 0 Å². The van der Waals surface area contributed by atoms with Crippen LogP contribution in [0.4, 0.5) is 0 Å². The molecule has 1 atom stereocenters. The Morgan fingerprint density at radius 2 is 2.12 bits per heavy atom. The van der Waals surface area contributed by atoms with Gasteiger partial charge in [-0.05, 0) is 30.5 Å². The normalized spacial score (nSPS) is 13.6. The van der Waals surface area contributed by atoms with Gasteiger partial charge in [0.2, 0.25) is 0 Å². The Morgan fingerprint density at radius 3 is 2.81 bits per heavy atom. The highest BCUT2D eigenvalue weighted by atomic mass is 15.3. The van der Waals surface area contributed by atoms with Gasteiger partial charge >= 0.3 is 0 Å². The van der Waals surface area contributed by atoms with Crippen LogP contribution in [-0.2, 0) is 6.42 Å². The molecule has 2 N–H and O–H groups in total. The van der Waals surface area contributed by atoms with Gasteiger partial charge in [0.15, 0.2) is 5.65 Å². The summed E-state index contributed by atoms with van der Waals surface area (Å²) in [5.41, 5.74) is 9.32. The molecule has 0 fully saturated rings. The van der Waals surface area contributed by atoms with Crippen LogP contribution in [0.2, 0.25) is 0 Å². The number of fused-ring (bicyclic) bond motifs is 1. The largest absolute Gasteiger partial charge is 0.327 e. The van der Waals surface area contributed by atoms with Crippen LogP contribution >= 0.6 is 0 Å². The molecule has 4 heteroatoms. The number of hydrogen-bond acceptors (Lipinski definition) is 3. The minimum Gasteiger partial charge on any atom is -0.327 e. The average molecular weight is 218 g/mol. The monoisotopic (exact) mass is 218 g/mol. The Hall–Kier alpha value is -1.42. The van der Waals surface area contributed by atoms with Gasteiger partial charge in [0.1, 0.15) is 6.33 Å². The smallest absolute Gasteiger partial charge is 0.155 e. The van der Waals surface area contributed by atoms with E-state index in [1.807, 2.05) is 10.6 Å². The van der Waals surface area contributed by atoms with Crippen LogP contribution in [0.15, 0.2) is 18.5 Å². The topological polar surface area (TPSA) is 56.2 Å². The summed E-state index contributed by atoms with van der Waals surface area (Å²) in [6.45, 7) is 6.34. The van der Waals surface area contributed by atoms with Crippen molar-refractivity contribution in [1.29, 1.82) is 0 Å². The highest BCUT2D eigenvalue weighted by molar-refractivity contribution is 5.41. The van der Waals surface area contributed by atoms with E-state index in [9.17, 15) is 0 Å². The Morgan fingerprint density at radius 1 is 1.38 bits per heavy atom. The molecule has 0 saturated heterocycles. The second-order valence-electron chi connectivity index (χ2n) is 4.67. The summed E-state index contributed by atoms with van der Waals surface area (Å²) in [6, 6.07) is 4.32. The summed E-state index contributed by atoms with van der Waals surface area (Å²) in [5.74, 6) is 0.471. The SMILES string of the molecule is Cc1cc(CC(N)C(C)C)n2ncnc2c1. The third kappa shape index (κ3) is 2.07. The van der Waals surface area contributed by atoms with Crippen LogP contribution in [0.25, 0.3) is 5.65 Å². The lowest BCUT2D eigenvalue weighted by Crippen LogP contribution is -2.29. The number of aryl methyl sites for hydroxylation is 1. The molecule has 0 aliphatic heterocycles. The van der Waals surface area contributed by atoms with E-state index in [0.29, 0.717) is 5.92 Å². The van der Waals surface area contributed by atoms with Crippen molar-refractivity contribution in [1.82, 2.24) is 14.6 Å². The minimum atomic E-state index is 0.161. The Bertz CT molecular complexity index is 487. The standard InChI is InChI=1S/C12H18N4/c1-8(2)11(13)6-10-4-9(3)5-12-14-7-15-16(10)12/h4-5,7-8,11H,6,13H2,1-3H3. The van der Waals surface area contributed by atoms with Gasteiger partial charge < -0.3 is 5.73 Å². The van der Waals surface area contributed by atoms with Crippen molar-refractivity contribution in [2.45, 2.75) is 33.2 Å². The highest BCUT2D eigenvalue weighted by Crippen LogP contribution is 2.12. The first-order valence-corrected chi connectivity index (χ1v) is 5.63. The number of hydrogen-bond donors (Lipinski definition) is 1. The third-order valence-electron chi connectivity index (χ3n) is 2.90. The number of aromatic nitrogens is 3. The van der Waals surface area contributed by atoms with Gasteiger partial charge in [0.25, 0.3) is 0 Å². The van der Waals surface area contributed by atoms with Crippen LogP contribution in [0.1, 0.15) is 25.1 Å². The molecular formula is C12H18N4. The molecule has 2 aromatic heterocycles. The summed E-state index contributed by atoms with van der Waals surface area (Å²) in [4.78, 5) is 4.20. The molecule has 0 radical (unpaired) electrons. The molecule has 0 bridgehead atoms. The Kier molecular flexibility index (Phi) is 2.92.